The summed E-state index contributed by atoms with van der Waals surface area (Å²) in [5, 5.41) is 11.0. The van der Waals surface area contributed by atoms with Gasteiger partial charge in [0.05, 0.1) is 6.20 Å². The van der Waals surface area contributed by atoms with Gasteiger partial charge in [-0.2, -0.15) is 19.6 Å². The summed E-state index contributed by atoms with van der Waals surface area (Å²) in [6.45, 7) is 9.22. The Hall–Kier alpha value is -3.99. The van der Waals surface area contributed by atoms with Gasteiger partial charge in [0, 0.05) is 49.9 Å². The Morgan fingerprint density at radius 1 is 1.12 bits per heavy atom. The molecule has 0 aliphatic carbocycles. The first-order valence-electron chi connectivity index (χ1n) is 14.1. The number of ether oxygens (including phenoxy) is 1. The third kappa shape index (κ3) is 6.41. The van der Waals surface area contributed by atoms with Crippen LogP contribution in [0.4, 0.5) is 11.6 Å². The summed E-state index contributed by atoms with van der Waals surface area (Å²) in [6.07, 6.45) is 7.21. The van der Waals surface area contributed by atoms with Crippen molar-refractivity contribution in [3.05, 3.63) is 54.2 Å². The van der Waals surface area contributed by atoms with Crippen molar-refractivity contribution in [2.24, 2.45) is 5.92 Å². The molecule has 0 radical (unpaired) electrons. The van der Waals surface area contributed by atoms with E-state index in [0.29, 0.717) is 44.4 Å². The van der Waals surface area contributed by atoms with Crippen molar-refractivity contribution in [1.29, 1.82) is 0 Å². The highest BCUT2D eigenvalue weighted by atomic mass is 16.5. The molecule has 11 nitrogen and oxygen atoms in total. The minimum absolute atomic E-state index is 0.0207. The molecule has 2 amide bonds. The number of likely N-dealkylation sites (tertiary alicyclic amines) is 2. The number of nitrogens with one attached hydrogen (secondary N) is 2. The van der Waals surface area contributed by atoms with Crippen LogP contribution in [0.2, 0.25) is 0 Å². The summed E-state index contributed by atoms with van der Waals surface area (Å²) >= 11 is 0. The molecule has 2 aliphatic heterocycles. The number of amides is 2. The molecule has 0 bridgehead atoms. The van der Waals surface area contributed by atoms with Gasteiger partial charge in [0.1, 0.15) is 6.10 Å². The lowest BCUT2D eigenvalue weighted by Gasteiger charge is -2.30. The molecule has 2 fully saturated rings. The van der Waals surface area contributed by atoms with Gasteiger partial charge in [0.25, 0.3) is 0 Å². The lowest BCUT2D eigenvalue weighted by Crippen LogP contribution is -2.40. The number of carbonyl (C=O) groups excluding carboxylic acids is 2. The van der Waals surface area contributed by atoms with E-state index in [2.05, 4.69) is 51.2 Å². The molecule has 4 heterocycles. The van der Waals surface area contributed by atoms with Crippen LogP contribution in [0.3, 0.4) is 0 Å². The molecule has 0 unspecified atom stereocenters. The fourth-order valence-corrected chi connectivity index (χ4v) is 5.25. The molecule has 0 saturated carbocycles. The molecular formula is C29H38N8O3. The quantitative estimate of drug-likeness (QED) is 0.393. The summed E-state index contributed by atoms with van der Waals surface area (Å²) in [7, 11) is 2.12. The third-order valence-corrected chi connectivity index (χ3v) is 7.74. The van der Waals surface area contributed by atoms with Crippen molar-refractivity contribution >= 4 is 29.1 Å². The number of aromatic nitrogens is 4. The predicted molar refractivity (Wildman–Crippen MR) is 153 cm³/mol. The van der Waals surface area contributed by atoms with Gasteiger partial charge in [-0.05, 0) is 62.9 Å². The van der Waals surface area contributed by atoms with Crippen LogP contribution >= 0.6 is 0 Å². The van der Waals surface area contributed by atoms with Crippen LogP contribution in [0.5, 0.6) is 6.01 Å². The number of aryl methyl sites for hydroxylation is 1. The number of nitrogens with zero attached hydrogens (tertiary/aromatic N) is 6. The van der Waals surface area contributed by atoms with Crippen LogP contribution in [0, 0.1) is 5.92 Å². The topological polar surface area (TPSA) is 117 Å². The second-order valence-corrected chi connectivity index (χ2v) is 10.6. The van der Waals surface area contributed by atoms with Gasteiger partial charge in [-0.25, -0.2) is 0 Å². The Bertz CT molecular complexity index is 1360. The maximum atomic E-state index is 12.9. The second kappa shape index (κ2) is 12.5. The summed E-state index contributed by atoms with van der Waals surface area (Å²) in [5.74, 6) is 0.331. The maximum Gasteiger partial charge on any atom is 0.322 e. The van der Waals surface area contributed by atoms with Crippen LogP contribution in [-0.4, -0.2) is 80.5 Å². The number of benzene rings is 1. The van der Waals surface area contributed by atoms with Crippen molar-refractivity contribution in [2.45, 2.75) is 51.7 Å². The van der Waals surface area contributed by atoms with Gasteiger partial charge in [-0.3, -0.25) is 9.59 Å². The monoisotopic (exact) mass is 546 g/mol. The normalized spacial score (nSPS) is 17.1. The summed E-state index contributed by atoms with van der Waals surface area (Å²) in [5.41, 5.74) is 3.49. The van der Waals surface area contributed by atoms with E-state index in [-0.39, 0.29) is 23.8 Å². The summed E-state index contributed by atoms with van der Waals surface area (Å²) in [6, 6.07) is 8.12. The van der Waals surface area contributed by atoms with E-state index in [1.165, 1.54) is 6.08 Å². The first-order chi connectivity index (χ1) is 19.4. The smallest absolute Gasteiger partial charge is 0.322 e. The minimum Gasteiger partial charge on any atom is -0.460 e. The Labute approximate surface area is 234 Å². The number of hydrogen-bond acceptors (Lipinski definition) is 8. The molecule has 11 heteroatoms. The van der Waals surface area contributed by atoms with Crippen LogP contribution in [0.25, 0.3) is 5.65 Å². The van der Waals surface area contributed by atoms with E-state index in [1.807, 2.05) is 30.5 Å². The number of piperidine rings is 2. The van der Waals surface area contributed by atoms with E-state index < -0.39 is 0 Å². The summed E-state index contributed by atoms with van der Waals surface area (Å²) < 4.78 is 7.93. The Balaban J connectivity index is 1.24. The molecule has 2 N–H and O–H groups in total. The van der Waals surface area contributed by atoms with Gasteiger partial charge in [0.2, 0.25) is 17.8 Å². The predicted octanol–water partition coefficient (Wildman–Crippen LogP) is 3.13. The summed E-state index contributed by atoms with van der Waals surface area (Å²) in [4.78, 5) is 38.1. The first-order valence-corrected chi connectivity index (χ1v) is 14.1. The molecule has 2 saturated heterocycles. The van der Waals surface area contributed by atoms with Crippen molar-refractivity contribution in [1.82, 2.24) is 29.4 Å². The average molecular weight is 547 g/mol. The molecule has 2 aliphatic rings. The van der Waals surface area contributed by atoms with Crippen molar-refractivity contribution in [3.63, 3.8) is 0 Å². The number of rotatable bonds is 9. The van der Waals surface area contributed by atoms with Crippen LogP contribution in [0.15, 0.2) is 43.1 Å². The zero-order valence-electron chi connectivity index (χ0n) is 23.3. The van der Waals surface area contributed by atoms with Crippen LogP contribution in [-0.2, 0) is 22.6 Å². The van der Waals surface area contributed by atoms with E-state index in [1.54, 1.807) is 9.42 Å². The molecule has 0 spiro atoms. The third-order valence-electron chi connectivity index (χ3n) is 7.74. The van der Waals surface area contributed by atoms with Gasteiger partial charge in [-0.15, -0.1) is 0 Å². The van der Waals surface area contributed by atoms with E-state index in [4.69, 9.17) is 4.74 Å². The number of fused-ring (bicyclic) bond motifs is 1. The van der Waals surface area contributed by atoms with Gasteiger partial charge >= 0.3 is 6.01 Å². The van der Waals surface area contributed by atoms with Gasteiger partial charge < -0.3 is 25.2 Å². The number of anilines is 2. The van der Waals surface area contributed by atoms with E-state index in [9.17, 15) is 9.59 Å². The highest BCUT2D eigenvalue weighted by molar-refractivity contribution is 5.93. The molecule has 212 valence electrons. The number of carbonyl (C=O) groups is 2. The molecule has 40 heavy (non-hydrogen) atoms. The zero-order valence-corrected chi connectivity index (χ0v) is 23.3. The average Bonchev–Trinajstić information content (AvgIpc) is 3.40. The van der Waals surface area contributed by atoms with Crippen molar-refractivity contribution < 1.29 is 14.3 Å². The maximum absolute atomic E-state index is 12.9. The van der Waals surface area contributed by atoms with Crippen molar-refractivity contribution in [2.75, 3.05) is 43.9 Å². The standard InChI is InChI=1S/C29H38N8O3/c1-4-21-19-31-37-26(21)33-29(40-24-11-13-35(3)14-12-24)34-28(37)30-18-20-7-6-8-23(17-20)32-27(39)22-9-15-36(16-10-22)25(38)5-2/h5-8,17,19,22,24H,2,4,9-16,18H2,1,3H3,(H,32,39)(H,30,33,34). The number of hydrogen-bond donors (Lipinski definition) is 2. The van der Waals surface area contributed by atoms with Crippen LogP contribution in [0.1, 0.15) is 43.7 Å². The fourth-order valence-electron chi connectivity index (χ4n) is 5.25. The van der Waals surface area contributed by atoms with E-state index in [0.717, 1.165) is 54.8 Å². The largest absolute Gasteiger partial charge is 0.460 e. The van der Waals surface area contributed by atoms with Crippen LogP contribution < -0.4 is 15.4 Å². The molecule has 3 aromatic rings. The Morgan fingerprint density at radius 3 is 2.62 bits per heavy atom. The molecule has 0 atom stereocenters. The highest BCUT2D eigenvalue weighted by Crippen LogP contribution is 2.23. The first kappa shape index (κ1) is 27.6. The Morgan fingerprint density at radius 2 is 1.90 bits per heavy atom. The lowest BCUT2D eigenvalue weighted by atomic mass is 9.95. The molecule has 2 aromatic heterocycles. The second-order valence-electron chi connectivity index (χ2n) is 10.6. The molecule has 5 rings (SSSR count). The fraction of sp³-hybridized carbons (Fsp3) is 0.483. The van der Waals surface area contributed by atoms with Gasteiger partial charge in [0.15, 0.2) is 5.65 Å². The van der Waals surface area contributed by atoms with E-state index >= 15 is 0 Å². The minimum atomic E-state index is -0.125. The van der Waals surface area contributed by atoms with Crippen molar-refractivity contribution in [3.8, 4) is 6.01 Å². The SMILES string of the molecule is C=CC(=O)N1CCC(C(=O)Nc2cccc(CNc3nc(OC4CCN(C)CC4)nc4c(CC)cnn34)c2)CC1. The lowest BCUT2D eigenvalue weighted by molar-refractivity contribution is -0.130. The Kier molecular flexibility index (Phi) is 8.59. The van der Waals surface area contributed by atoms with Gasteiger partial charge in [-0.1, -0.05) is 25.6 Å². The molecule has 1 aromatic carbocycles. The highest BCUT2D eigenvalue weighted by Gasteiger charge is 2.26. The zero-order chi connectivity index (χ0) is 28.1. The molecular weight excluding hydrogens is 508 g/mol.